The molecule has 3 nitrogen and oxygen atoms in total. The maximum absolute atomic E-state index is 5.83. The molecule has 0 radical (unpaired) electrons. The van der Waals surface area contributed by atoms with Crippen LogP contribution in [0.15, 0.2) is 41.7 Å². The molecule has 1 aliphatic heterocycles. The van der Waals surface area contributed by atoms with Gasteiger partial charge in [-0.25, -0.2) is 4.98 Å². The van der Waals surface area contributed by atoms with E-state index in [1.54, 1.807) is 0 Å². The van der Waals surface area contributed by atoms with E-state index < -0.39 is 0 Å². The van der Waals surface area contributed by atoms with Crippen molar-refractivity contribution in [3.8, 4) is 0 Å². The van der Waals surface area contributed by atoms with Gasteiger partial charge in [0.25, 0.3) is 0 Å². The van der Waals surface area contributed by atoms with Crippen LogP contribution in [0.3, 0.4) is 0 Å². The van der Waals surface area contributed by atoms with E-state index in [0.29, 0.717) is 12.6 Å². The van der Waals surface area contributed by atoms with Crippen LogP contribution in [0.2, 0.25) is 0 Å². The van der Waals surface area contributed by atoms with E-state index in [1.165, 1.54) is 5.56 Å². The molecule has 0 saturated heterocycles. The Morgan fingerprint density at radius 2 is 1.90 bits per heavy atom. The molecule has 0 bridgehead atoms. The van der Waals surface area contributed by atoms with Crippen LogP contribution in [-0.4, -0.2) is 14.3 Å². The summed E-state index contributed by atoms with van der Waals surface area (Å²) in [6, 6.07) is 10.9. The van der Waals surface area contributed by atoms with Gasteiger partial charge in [0.15, 0.2) is 5.16 Å². The van der Waals surface area contributed by atoms with Crippen molar-refractivity contribution >= 4 is 11.8 Å². The van der Waals surface area contributed by atoms with Crippen molar-refractivity contribution in [3.05, 3.63) is 47.8 Å². The Morgan fingerprint density at radius 3 is 2.50 bits per heavy atom. The molecular formula is C16H23N3S. The smallest absolute Gasteiger partial charge is 0.169 e. The summed E-state index contributed by atoms with van der Waals surface area (Å²) >= 11 is 1.83. The zero-order valence-corrected chi connectivity index (χ0v) is 13.4. The fraction of sp³-hybridized carbons (Fsp3) is 0.438. The number of thioether (sulfide) groups is 1. The number of nitrogens with two attached hydrogens (primary N) is 1. The van der Waals surface area contributed by atoms with Gasteiger partial charge in [-0.3, -0.25) is 0 Å². The molecule has 20 heavy (non-hydrogen) atoms. The standard InChI is InChI=1S/C14H17N3S.C2H6/c1-14(2)12(10-6-4-3-5-7-10)17-11(8-15)9-16-13(17)18-14;1-2/h3-7,9,12H,8,15H2,1-2H3;1-2H3. The number of rotatable bonds is 2. The van der Waals surface area contributed by atoms with Crippen LogP contribution >= 0.6 is 11.8 Å². The number of benzene rings is 1. The number of hydrogen-bond donors (Lipinski definition) is 1. The summed E-state index contributed by atoms with van der Waals surface area (Å²) in [5.41, 5.74) is 8.26. The highest BCUT2D eigenvalue weighted by Gasteiger charge is 2.42. The highest BCUT2D eigenvalue weighted by molar-refractivity contribution is 8.00. The van der Waals surface area contributed by atoms with E-state index in [-0.39, 0.29) is 4.75 Å². The lowest BCUT2D eigenvalue weighted by Crippen LogP contribution is -2.27. The van der Waals surface area contributed by atoms with Crippen molar-refractivity contribution in [2.75, 3.05) is 0 Å². The van der Waals surface area contributed by atoms with E-state index in [0.717, 1.165) is 10.9 Å². The molecule has 4 heteroatoms. The minimum absolute atomic E-state index is 0.106. The summed E-state index contributed by atoms with van der Waals surface area (Å²) in [6.07, 6.45) is 1.90. The lowest BCUT2D eigenvalue weighted by atomic mass is 9.95. The van der Waals surface area contributed by atoms with E-state index in [9.17, 15) is 0 Å². The Kier molecular flexibility index (Phi) is 4.55. The molecule has 2 heterocycles. The Labute approximate surface area is 125 Å². The summed E-state index contributed by atoms with van der Waals surface area (Å²) in [4.78, 5) is 4.48. The van der Waals surface area contributed by atoms with Crippen molar-refractivity contribution < 1.29 is 0 Å². The number of fused-ring (bicyclic) bond motifs is 1. The second-order valence-electron chi connectivity index (χ2n) is 5.12. The minimum Gasteiger partial charge on any atom is -0.325 e. The molecule has 1 aromatic heterocycles. The average Bonchev–Trinajstić information content (AvgIpc) is 2.95. The van der Waals surface area contributed by atoms with Crippen molar-refractivity contribution in [1.29, 1.82) is 0 Å². The Bertz CT molecular complexity index is 560. The normalized spacial score (nSPS) is 19.1. The second-order valence-corrected chi connectivity index (χ2v) is 6.75. The summed E-state index contributed by atoms with van der Waals surface area (Å²) in [5.74, 6) is 0. The first-order valence-corrected chi connectivity index (χ1v) is 7.95. The third-order valence-electron chi connectivity index (χ3n) is 3.44. The molecule has 0 fully saturated rings. The van der Waals surface area contributed by atoms with E-state index in [2.05, 4.69) is 53.7 Å². The van der Waals surface area contributed by atoms with Gasteiger partial charge in [0.1, 0.15) is 0 Å². The van der Waals surface area contributed by atoms with E-state index >= 15 is 0 Å². The zero-order chi connectivity index (χ0) is 14.8. The van der Waals surface area contributed by atoms with Crippen LogP contribution in [0.4, 0.5) is 0 Å². The molecule has 108 valence electrons. The van der Waals surface area contributed by atoms with Gasteiger partial charge in [-0.2, -0.15) is 0 Å². The highest BCUT2D eigenvalue weighted by Crippen LogP contribution is 2.51. The van der Waals surface area contributed by atoms with Crippen LogP contribution in [0.25, 0.3) is 0 Å². The SMILES string of the molecule is CC.CC1(C)Sc2ncc(CN)n2C1c1ccccc1. The average molecular weight is 289 g/mol. The third kappa shape index (κ3) is 2.50. The summed E-state index contributed by atoms with van der Waals surface area (Å²) < 4.78 is 2.40. The lowest BCUT2D eigenvalue weighted by molar-refractivity contribution is 0.465. The van der Waals surface area contributed by atoms with Crippen molar-refractivity contribution in [1.82, 2.24) is 9.55 Å². The maximum Gasteiger partial charge on any atom is 0.169 e. The lowest BCUT2D eigenvalue weighted by Gasteiger charge is -2.28. The molecule has 1 unspecified atom stereocenters. The number of aromatic nitrogens is 2. The first kappa shape index (κ1) is 15.1. The largest absolute Gasteiger partial charge is 0.325 e. The van der Waals surface area contributed by atoms with Gasteiger partial charge in [-0.15, -0.1) is 0 Å². The summed E-state index contributed by atoms with van der Waals surface area (Å²) in [6.45, 7) is 9.07. The summed E-state index contributed by atoms with van der Waals surface area (Å²) in [5, 5.41) is 1.08. The molecule has 1 atom stereocenters. The Morgan fingerprint density at radius 1 is 1.25 bits per heavy atom. The minimum atomic E-state index is 0.106. The predicted octanol–water partition coefficient (Wildman–Crippen LogP) is 3.84. The van der Waals surface area contributed by atoms with Crippen LogP contribution in [0.1, 0.15) is 45.0 Å². The fourth-order valence-corrected chi connectivity index (χ4v) is 3.92. The third-order valence-corrected chi connectivity index (χ3v) is 4.67. The molecule has 0 amide bonds. The molecule has 2 aromatic rings. The van der Waals surface area contributed by atoms with Crippen molar-refractivity contribution in [3.63, 3.8) is 0 Å². The summed E-state index contributed by atoms with van der Waals surface area (Å²) in [7, 11) is 0. The molecule has 3 rings (SSSR count). The number of nitrogens with zero attached hydrogens (tertiary/aromatic N) is 2. The van der Waals surface area contributed by atoms with Gasteiger partial charge < -0.3 is 10.3 Å². The molecule has 0 saturated carbocycles. The predicted molar refractivity (Wildman–Crippen MR) is 86.0 cm³/mol. The van der Waals surface area contributed by atoms with Crippen LogP contribution in [0, 0.1) is 0 Å². The van der Waals surface area contributed by atoms with Crippen LogP contribution < -0.4 is 5.73 Å². The van der Waals surface area contributed by atoms with Gasteiger partial charge in [0, 0.05) is 11.3 Å². The van der Waals surface area contributed by atoms with Gasteiger partial charge in [0.05, 0.1) is 17.9 Å². The first-order valence-electron chi connectivity index (χ1n) is 7.13. The molecule has 0 aliphatic carbocycles. The quantitative estimate of drug-likeness (QED) is 0.913. The van der Waals surface area contributed by atoms with Gasteiger partial charge in [0.2, 0.25) is 0 Å². The van der Waals surface area contributed by atoms with Gasteiger partial charge >= 0.3 is 0 Å². The molecular weight excluding hydrogens is 266 g/mol. The van der Waals surface area contributed by atoms with Crippen molar-refractivity contribution in [2.24, 2.45) is 5.73 Å². The molecule has 2 N–H and O–H groups in total. The Hall–Kier alpha value is -1.26. The number of imidazole rings is 1. The van der Waals surface area contributed by atoms with Crippen molar-refractivity contribution in [2.45, 2.75) is 50.2 Å². The van der Waals surface area contributed by atoms with Gasteiger partial charge in [-0.05, 0) is 19.4 Å². The highest BCUT2D eigenvalue weighted by atomic mass is 32.2. The zero-order valence-electron chi connectivity index (χ0n) is 12.6. The maximum atomic E-state index is 5.83. The van der Waals surface area contributed by atoms with Crippen LogP contribution in [-0.2, 0) is 6.54 Å². The first-order chi connectivity index (χ1) is 9.63. The van der Waals surface area contributed by atoms with E-state index in [4.69, 9.17) is 5.73 Å². The number of hydrogen-bond acceptors (Lipinski definition) is 3. The van der Waals surface area contributed by atoms with Gasteiger partial charge in [-0.1, -0.05) is 55.9 Å². The topological polar surface area (TPSA) is 43.8 Å². The molecule has 1 aromatic carbocycles. The fourth-order valence-electron chi connectivity index (χ4n) is 2.67. The second kappa shape index (κ2) is 6.02. The molecule has 0 spiro atoms. The van der Waals surface area contributed by atoms with Crippen LogP contribution in [0.5, 0.6) is 0 Å². The van der Waals surface area contributed by atoms with E-state index in [1.807, 2.05) is 31.8 Å². The monoisotopic (exact) mass is 289 g/mol. The Balaban J connectivity index is 0.000000704. The molecule has 1 aliphatic rings.